The van der Waals surface area contributed by atoms with E-state index in [0.29, 0.717) is 0 Å². The van der Waals surface area contributed by atoms with E-state index < -0.39 is 0 Å². The van der Waals surface area contributed by atoms with Crippen molar-refractivity contribution in [1.82, 2.24) is 0 Å². The molecule has 304 valence electrons. The van der Waals surface area contributed by atoms with Crippen molar-refractivity contribution in [2.45, 2.75) is 26.2 Å². The summed E-state index contributed by atoms with van der Waals surface area (Å²) in [6.45, 7) is 6.88. The lowest BCUT2D eigenvalue weighted by atomic mass is 9.82. The third kappa shape index (κ3) is 5.94. The van der Waals surface area contributed by atoms with E-state index in [4.69, 9.17) is 0 Å². The van der Waals surface area contributed by atoms with Gasteiger partial charge in [-0.15, -0.1) is 0 Å². The molecule has 64 heavy (non-hydrogen) atoms. The van der Waals surface area contributed by atoms with Crippen LogP contribution in [0.15, 0.2) is 224 Å². The van der Waals surface area contributed by atoms with Gasteiger partial charge in [-0.3, -0.25) is 0 Å². The molecule has 0 fully saturated rings. The third-order valence-electron chi connectivity index (χ3n) is 13.7. The number of fused-ring (bicyclic) bond motifs is 7. The lowest BCUT2D eigenvalue weighted by Gasteiger charge is -2.31. The fourth-order valence-corrected chi connectivity index (χ4v) is 10.6. The van der Waals surface area contributed by atoms with Crippen molar-refractivity contribution < 1.29 is 0 Å². The Balaban J connectivity index is 1.06. The second-order valence-electron chi connectivity index (χ2n) is 17.8. The molecule has 11 aromatic carbocycles. The molecule has 11 aromatic rings. The Kier molecular flexibility index (Phi) is 8.77. The van der Waals surface area contributed by atoms with Crippen molar-refractivity contribution in [2.24, 2.45) is 0 Å². The number of aryl methyl sites for hydroxylation is 1. The van der Waals surface area contributed by atoms with Gasteiger partial charge in [-0.25, -0.2) is 0 Å². The molecule has 1 aliphatic carbocycles. The zero-order valence-electron chi connectivity index (χ0n) is 36.3. The van der Waals surface area contributed by atoms with E-state index in [-0.39, 0.29) is 5.41 Å². The minimum absolute atomic E-state index is 0.118. The Morgan fingerprint density at radius 2 is 0.797 bits per heavy atom. The van der Waals surface area contributed by atoms with Gasteiger partial charge in [0.25, 0.3) is 0 Å². The Morgan fingerprint density at radius 3 is 1.42 bits per heavy atom. The first-order valence-corrected chi connectivity index (χ1v) is 22.3. The Bertz CT molecular complexity index is 3530. The summed E-state index contributed by atoms with van der Waals surface area (Å²) in [5, 5.41) is 9.70. The lowest BCUT2D eigenvalue weighted by Crippen LogP contribution is -2.16. The molecule has 0 saturated carbocycles. The Hall–Kier alpha value is -7.94. The lowest BCUT2D eigenvalue weighted by molar-refractivity contribution is 0.660. The molecule has 0 aromatic heterocycles. The summed E-state index contributed by atoms with van der Waals surface area (Å²) in [5.74, 6) is 0. The maximum absolute atomic E-state index is 2.48. The van der Waals surface area contributed by atoms with Crippen molar-refractivity contribution >= 4 is 77.2 Å². The highest BCUT2D eigenvalue weighted by molar-refractivity contribution is 6.23. The summed E-state index contributed by atoms with van der Waals surface area (Å²) in [5.41, 5.74) is 15.8. The van der Waals surface area contributed by atoms with E-state index in [1.165, 1.54) is 87.7 Å². The average molecular weight is 819 g/mol. The summed E-state index contributed by atoms with van der Waals surface area (Å²) < 4.78 is 0. The second kappa shape index (κ2) is 14.9. The molecule has 0 N–H and O–H groups in total. The van der Waals surface area contributed by atoms with Gasteiger partial charge < -0.3 is 9.80 Å². The molecular formula is C62H46N2. The van der Waals surface area contributed by atoms with E-state index in [1.807, 2.05) is 0 Å². The first kappa shape index (κ1) is 37.8. The van der Waals surface area contributed by atoms with Crippen molar-refractivity contribution in [2.75, 3.05) is 9.80 Å². The minimum Gasteiger partial charge on any atom is -0.310 e. The fraction of sp³-hybridized carbons (Fsp3) is 0.0645. The van der Waals surface area contributed by atoms with Gasteiger partial charge in [-0.05, 0) is 110 Å². The number of hydrogen-bond donors (Lipinski definition) is 0. The smallest absolute Gasteiger partial charge is 0.0619 e. The van der Waals surface area contributed by atoms with Gasteiger partial charge in [0.1, 0.15) is 0 Å². The van der Waals surface area contributed by atoms with Crippen LogP contribution in [-0.4, -0.2) is 0 Å². The molecule has 0 atom stereocenters. The van der Waals surface area contributed by atoms with Gasteiger partial charge in [-0.1, -0.05) is 195 Å². The largest absolute Gasteiger partial charge is 0.310 e. The van der Waals surface area contributed by atoms with E-state index in [9.17, 15) is 0 Å². The van der Waals surface area contributed by atoms with Crippen LogP contribution in [0.25, 0.3) is 65.3 Å². The van der Waals surface area contributed by atoms with Crippen LogP contribution in [-0.2, 0) is 5.41 Å². The highest BCUT2D eigenvalue weighted by atomic mass is 15.2. The molecule has 0 radical (unpaired) electrons. The summed E-state index contributed by atoms with van der Waals surface area (Å²) in [4.78, 5) is 4.94. The zero-order chi connectivity index (χ0) is 42.9. The molecule has 1 aliphatic rings. The fourth-order valence-electron chi connectivity index (χ4n) is 10.6. The van der Waals surface area contributed by atoms with Gasteiger partial charge >= 0.3 is 0 Å². The van der Waals surface area contributed by atoms with Crippen LogP contribution in [0.5, 0.6) is 0 Å². The predicted octanol–water partition coefficient (Wildman–Crippen LogP) is 17.5. The van der Waals surface area contributed by atoms with Crippen LogP contribution in [0.2, 0.25) is 0 Å². The van der Waals surface area contributed by atoms with E-state index in [0.717, 1.165) is 28.4 Å². The monoisotopic (exact) mass is 818 g/mol. The van der Waals surface area contributed by atoms with Crippen LogP contribution >= 0.6 is 0 Å². The highest BCUT2D eigenvalue weighted by Gasteiger charge is 2.36. The molecule has 0 bridgehead atoms. The maximum atomic E-state index is 2.48. The molecule has 0 amide bonds. The van der Waals surface area contributed by atoms with E-state index in [2.05, 4.69) is 255 Å². The summed E-state index contributed by atoms with van der Waals surface area (Å²) in [6, 6.07) is 82.9. The average Bonchev–Trinajstić information content (AvgIpc) is 3.57. The normalized spacial score (nSPS) is 12.7. The number of hydrogen-bond acceptors (Lipinski definition) is 2. The van der Waals surface area contributed by atoms with Gasteiger partial charge in [0, 0.05) is 44.0 Å². The molecule has 0 saturated heterocycles. The number of anilines is 6. The summed E-state index contributed by atoms with van der Waals surface area (Å²) in [7, 11) is 0. The molecule has 12 rings (SSSR count). The molecule has 2 nitrogen and oxygen atoms in total. The third-order valence-corrected chi connectivity index (χ3v) is 13.7. The molecule has 0 aliphatic heterocycles. The number of rotatable bonds is 7. The van der Waals surface area contributed by atoms with Gasteiger partial charge in [0.15, 0.2) is 0 Å². The first-order valence-electron chi connectivity index (χ1n) is 22.3. The molecule has 2 heteroatoms. The second-order valence-corrected chi connectivity index (χ2v) is 17.8. The van der Waals surface area contributed by atoms with Gasteiger partial charge in [-0.2, -0.15) is 0 Å². The van der Waals surface area contributed by atoms with Gasteiger partial charge in [0.2, 0.25) is 0 Å². The van der Waals surface area contributed by atoms with Crippen molar-refractivity contribution in [3.05, 3.63) is 241 Å². The minimum atomic E-state index is -0.118. The Morgan fingerprint density at radius 1 is 0.344 bits per heavy atom. The van der Waals surface area contributed by atoms with Crippen LogP contribution in [0.1, 0.15) is 30.5 Å². The quantitative estimate of drug-likeness (QED) is 0.148. The molecular weight excluding hydrogens is 773 g/mol. The van der Waals surface area contributed by atoms with Crippen molar-refractivity contribution in [3.8, 4) is 22.3 Å². The van der Waals surface area contributed by atoms with E-state index in [1.54, 1.807) is 0 Å². The standard InChI is InChI=1S/C62H46N2/c1-41-30-34-46(35-31-41)64(59-29-15-19-43-17-5-7-21-49(43)59)61-54-25-10-8-23-52(54)60(53-24-9-11-26-55(53)61)44-32-36-45(37-33-44)63(58-28-14-18-42-16-4-6-20-48(42)58)47-38-39-51-50-22-12-13-27-56(50)62(2,3)57(51)40-47/h4-40H,1-3H3. The molecule has 0 unspecified atom stereocenters. The number of benzene rings is 11. The summed E-state index contributed by atoms with van der Waals surface area (Å²) in [6.07, 6.45) is 0. The first-order chi connectivity index (χ1) is 31.4. The van der Waals surface area contributed by atoms with E-state index >= 15 is 0 Å². The van der Waals surface area contributed by atoms with Crippen molar-refractivity contribution in [1.29, 1.82) is 0 Å². The number of nitrogens with zero attached hydrogens (tertiary/aromatic N) is 2. The van der Waals surface area contributed by atoms with Crippen LogP contribution < -0.4 is 9.80 Å². The Labute approximate surface area is 374 Å². The van der Waals surface area contributed by atoms with Crippen LogP contribution in [0.4, 0.5) is 34.1 Å². The van der Waals surface area contributed by atoms with Gasteiger partial charge in [0.05, 0.1) is 17.1 Å². The highest BCUT2D eigenvalue weighted by Crippen LogP contribution is 2.52. The SMILES string of the molecule is Cc1ccc(N(c2cccc3ccccc23)c2c3ccccc3c(-c3ccc(N(c4ccc5c(c4)C(C)(C)c4ccccc4-5)c4cccc5ccccc45)cc3)c3ccccc23)cc1. The maximum Gasteiger partial charge on any atom is 0.0619 e. The predicted molar refractivity (Wildman–Crippen MR) is 274 cm³/mol. The molecule has 0 spiro atoms. The van der Waals surface area contributed by atoms with Crippen LogP contribution in [0.3, 0.4) is 0 Å². The topological polar surface area (TPSA) is 6.48 Å². The van der Waals surface area contributed by atoms with Crippen LogP contribution in [0, 0.1) is 6.92 Å². The zero-order valence-corrected chi connectivity index (χ0v) is 36.3. The van der Waals surface area contributed by atoms with Crippen molar-refractivity contribution in [3.63, 3.8) is 0 Å². The summed E-state index contributed by atoms with van der Waals surface area (Å²) >= 11 is 0. The molecule has 0 heterocycles.